The molecule has 0 aliphatic carbocycles. The van der Waals surface area contributed by atoms with Crippen LogP contribution in [0, 0.1) is 0 Å². The molecular weight excluding hydrogens is 368 g/mol. The van der Waals surface area contributed by atoms with Crippen molar-refractivity contribution in [1.82, 2.24) is 0 Å². The van der Waals surface area contributed by atoms with Crippen LogP contribution in [0.1, 0.15) is 59.7 Å². The molecule has 0 aliphatic heterocycles. The summed E-state index contributed by atoms with van der Waals surface area (Å²) in [6.45, 7) is 8.61. The number of para-hydroxylation sites is 1. The Morgan fingerprint density at radius 1 is 1.00 bits per heavy atom. The second kappa shape index (κ2) is 8.62. The van der Waals surface area contributed by atoms with E-state index in [1.807, 2.05) is 37.3 Å². The number of fused-ring (bicyclic) bond motifs is 1. The Hall–Kier alpha value is -2.92. The lowest BCUT2D eigenvalue weighted by atomic mass is 9.86. The first-order chi connectivity index (χ1) is 13.8. The van der Waals surface area contributed by atoms with Gasteiger partial charge in [0.15, 0.2) is 12.4 Å². The molecule has 0 unspecified atom stereocenters. The van der Waals surface area contributed by atoms with Gasteiger partial charge in [0.25, 0.3) is 0 Å². The van der Waals surface area contributed by atoms with E-state index in [-0.39, 0.29) is 30.2 Å². The smallest absolute Gasteiger partial charge is 0.375 e. The number of hydrogen-bond acceptors (Lipinski definition) is 5. The lowest BCUT2D eigenvalue weighted by Gasteiger charge is -2.18. The number of ketones is 1. The van der Waals surface area contributed by atoms with Crippen LogP contribution in [0.2, 0.25) is 0 Å². The van der Waals surface area contributed by atoms with Gasteiger partial charge in [-0.25, -0.2) is 4.79 Å². The molecule has 1 heterocycles. The van der Waals surface area contributed by atoms with Gasteiger partial charge < -0.3 is 13.9 Å². The summed E-state index contributed by atoms with van der Waals surface area (Å²) in [6.07, 6.45) is 0. The molecule has 29 heavy (non-hydrogen) atoms. The summed E-state index contributed by atoms with van der Waals surface area (Å²) in [5.41, 5.74) is 2.86. The molecule has 0 N–H and O–H groups in total. The molecule has 5 heteroatoms. The highest BCUT2D eigenvalue weighted by molar-refractivity contribution is 6.00. The molecule has 0 saturated heterocycles. The molecule has 2 aromatic carbocycles. The van der Waals surface area contributed by atoms with E-state index in [2.05, 4.69) is 20.8 Å². The maximum atomic E-state index is 12.6. The lowest BCUT2D eigenvalue weighted by molar-refractivity contribution is 0.0439. The number of benzene rings is 2. The Bertz CT molecular complexity index is 1010. The van der Waals surface area contributed by atoms with Gasteiger partial charge in [0.2, 0.25) is 5.76 Å². The van der Waals surface area contributed by atoms with Crippen molar-refractivity contribution >= 4 is 22.7 Å². The number of furan rings is 1. The molecule has 152 valence electrons. The molecular formula is C24H26O5. The summed E-state index contributed by atoms with van der Waals surface area (Å²) in [5.74, 6) is -0.854. The van der Waals surface area contributed by atoms with Crippen molar-refractivity contribution in [3.8, 4) is 0 Å². The van der Waals surface area contributed by atoms with Gasteiger partial charge in [-0.05, 0) is 24.0 Å². The number of esters is 1. The number of Topliss-reactive ketones (excluding diaryl/α,β-unsaturated/α-hetero) is 1. The molecule has 3 rings (SSSR count). The van der Waals surface area contributed by atoms with Crippen LogP contribution in [-0.4, -0.2) is 25.0 Å². The molecule has 0 spiro atoms. The summed E-state index contributed by atoms with van der Waals surface area (Å²) in [5, 5.41) is 0.803. The third-order valence-corrected chi connectivity index (χ3v) is 4.74. The van der Waals surface area contributed by atoms with Crippen molar-refractivity contribution in [2.24, 2.45) is 0 Å². The molecule has 1 aromatic heterocycles. The Labute approximate surface area is 170 Å². The minimum Gasteiger partial charge on any atom is -0.451 e. The number of carbonyl (C=O) groups is 2. The number of ether oxygens (including phenoxy) is 2. The molecule has 0 bridgehead atoms. The van der Waals surface area contributed by atoms with Crippen molar-refractivity contribution in [2.75, 3.05) is 13.2 Å². The van der Waals surface area contributed by atoms with Crippen molar-refractivity contribution in [2.45, 2.75) is 39.7 Å². The minimum atomic E-state index is -0.671. The predicted octanol–water partition coefficient (Wildman–Crippen LogP) is 5.31. The van der Waals surface area contributed by atoms with E-state index in [0.717, 1.165) is 10.9 Å². The Balaban J connectivity index is 1.73. The van der Waals surface area contributed by atoms with Crippen LogP contribution in [0.25, 0.3) is 11.0 Å². The molecule has 0 saturated carbocycles. The van der Waals surface area contributed by atoms with Gasteiger partial charge in [-0.15, -0.1) is 0 Å². The van der Waals surface area contributed by atoms with Crippen LogP contribution in [0.4, 0.5) is 0 Å². The predicted molar refractivity (Wildman–Crippen MR) is 111 cm³/mol. The fraction of sp³-hybridized carbons (Fsp3) is 0.333. The van der Waals surface area contributed by atoms with E-state index in [1.54, 1.807) is 18.2 Å². The molecule has 0 radical (unpaired) electrons. The standard InChI is InChI=1S/C24H26O5/c1-5-27-14-19-18-8-6-7-9-21(18)29-22(19)23(26)28-15-20(25)16-10-12-17(13-11-16)24(2,3)4/h6-13H,5,14-15H2,1-4H3. The van der Waals surface area contributed by atoms with Crippen molar-refractivity contribution < 1.29 is 23.5 Å². The van der Waals surface area contributed by atoms with Crippen LogP contribution < -0.4 is 0 Å². The van der Waals surface area contributed by atoms with Crippen LogP contribution in [0.3, 0.4) is 0 Å². The highest BCUT2D eigenvalue weighted by Gasteiger charge is 2.23. The lowest BCUT2D eigenvalue weighted by Crippen LogP contribution is -2.16. The third-order valence-electron chi connectivity index (χ3n) is 4.74. The molecule has 0 aliphatic rings. The van der Waals surface area contributed by atoms with Gasteiger partial charge in [0, 0.05) is 23.1 Å². The van der Waals surface area contributed by atoms with E-state index in [9.17, 15) is 9.59 Å². The normalized spacial score (nSPS) is 11.6. The molecule has 0 atom stereocenters. The highest BCUT2D eigenvalue weighted by Crippen LogP contribution is 2.27. The second-order valence-corrected chi connectivity index (χ2v) is 7.87. The van der Waals surface area contributed by atoms with Crippen LogP contribution >= 0.6 is 0 Å². The van der Waals surface area contributed by atoms with Crippen LogP contribution in [0.15, 0.2) is 52.9 Å². The highest BCUT2D eigenvalue weighted by atomic mass is 16.5. The average molecular weight is 394 g/mol. The Kier molecular flexibility index (Phi) is 6.18. The first-order valence-corrected chi connectivity index (χ1v) is 9.70. The summed E-state index contributed by atoms with van der Waals surface area (Å²) in [7, 11) is 0. The fourth-order valence-electron chi connectivity index (χ4n) is 3.05. The van der Waals surface area contributed by atoms with E-state index < -0.39 is 5.97 Å². The van der Waals surface area contributed by atoms with Gasteiger partial charge in [0.05, 0.1) is 6.61 Å². The molecule has 0 fully saturated rings. The van der Waals surface area contributed by atoms with Crippen molar-refractivity contribution in [3.63, 3.8) is 0 Å². The van der Waals surface area contributed by atoms with Crippen LogP contribution in [-0.2, 0) is 21.5 Å². The van der Waals surface area contributed by atoms with Gasteiger partial charge in [-0.2, -0.15) is 0 Å². The number of rotatable bonds is 7. The van der Waals surface area contributed by atoms with E-state index in [4.69, 9.17) is 13.9 Å². The number of hydrogen-bond donors (Lipinski definition) is 0. The largest absolute Gasteiger partial charge is 0.451 e. The van der Waals surface area contributed by atoms with Crippen LogP contribution in [0.5, 0.6) is 0 Å². The third kappa shape index (κ3) is 4.74. The topological polar surface area (TPSA) is 65.7 Å². The monoisotopic (exact) mass is 394 g/mol. The zero-order chi connectivity index (χ0) is 21.0. The van der Waals surface area contributed by atoms with Crippen molar-refractivity contribution in [3.05, 3.63) is 71.0 Å². The second-order valence-electron chi connectivity index (χ2n) is 7.87. The van der Waals surface area contributed by atoms with Gasteiger partial charge in [-0.3, -0.25) is 4.79 Å². The Morgan fingerprint density at radius 3 is 2.34 bits per heavy atom. The fourth-order valence-corrected chi connectivity index (χ4v) is 3.05. The first-order valence-electron chi connectivity index (χ1n) is 9.70. The zero-order valence-corrected chi connectivity index (χ0v) is 17.3. The average Bonchev–Trinajstić information content (AvgIpc) is 3.08. The maximum Gasteiger partial charge on any atom is 0.375 e. The van der Waals surface area contributed by atoms with E-state index in [0.29, 0.717) is 23.3 Å². The van der Waals surface area contributed by atoms with Gasteiger partial charge in [-0.1, -0.05) is 63.2 Å². The van der Waals surface area contributed by atoms with E-state index >= 15 is 0 Å². The summed E-state index contributed by atoms with van der Waals surface area (Å²) >= 11 is 0. The SMILES string of the molecule is CCOCc1c(C(=O)OCC(=O)c2ccc(C(C)(C)C)cc2)oc2ccccc12. The Morgan fingerprint density at radius 2 is 1.69 bits per heavy atom. The number of carbonyl (C=O) groups excluding carboxylic acids is 2. The zero-order valence-electron chi connectivity index (χ0n) is 17.3. The molecule has 5 nitrogen and oxygen atoms in total. The quantitative estimate of drug-likeness (QED) is 0.401. The minimum absolute atomic E-state index is 0.00625. The molecule has 3 aromatic rings. The summed E-state index contributed by atoms with van der Waals surface area (Å²) in [6, 6.07) is 14.7. The summed E-state index contributed by atoms with van der Waals surface area (Å²) in [4.78, 5) is 25.0. The van der Waals surface area contributed by atoms with Gasteiger partial charge >= 0.3 is 5.97 Å². The maximum absolute atomic E-state index is 12.6. The van der Waals surface area contributed by atoms with E-state index in [1.165, 1.54) is 0 Å². The van der Waals surface area contributed by atoms with Gasteiger partial charge in [0.1, 0.15) is 5.58 Å². The van der Waals surface area contributed by atoms with Crippen molar-refractivity contribution in [1.29, 1.82) is 0 Å². The summed E-state index contributed by atoms with van der Waals surface area (Å²) < 4.78 is 16.4. The molecule has 0 amide bonds. The first kappa shape index (κ1) is 20.8.